The molecule has 31 heavy (non-hydrogen) atoms. The van der Waals surface area contributed by atoms with Gasteiger partial charge in [-0.2, -0.15) is 0 Å². The quantitative estimate of drug-likeness (QED) is 0.764. The molecule has 7 heteroatoms. The number of carbonyl (C=O) groups is 1. The van der Waals surface area contributed by atoms with Gasteiger partial charge in [-0.15, -0.1) is 0 Å². The van der Waals surface area contributed by atoms with Crippen molar-refractivity contribution in [2.24, 2.45) is 0 Å². The summed E-state index contributed by atoms with van der Waals surface area (Å²) in [6.07, 6.45) is 2.20. The summed E-state index contributed by atoms with van der Waals surface area (Å²) in [6.45, 7) is 6.00. The molecule has 164 valence electrons. The molecule has 7 nitrogen and oxygen atoms in total. The maximum absolute atomic E-state index is 12.8. The Morgan fingerprint density at radius 3 is 2.58 bits per heavy atom. The molecule has 0 aliphatic carbocycles. The smallest absolute Gasteiger partial charge is 0.279 e. The van der Waals surface area contributed by atoms with Crippen molar-refractivity contribution < 1.29 is 23.9 Å². The number of ether oxygens (including phenoxy) is 3. The van der Waals surface area contributed by atoms with Crippen LogP contribution in [0, 0.1) is 0 Å². The van der Waals surface area contributed by atoms with Crippen molar-refractivity contribution in [3.05, 3.63) is 48.0 Å². The van der Waals surface area contributed by atoms with Crippen molar-refractivity contribution in [2.75, 3.05) is 62.8 Å². The molecule has 1 amide bonds. The van der Waals surface area contributed by atoms with E-state index in [9.17, 15) is 4.79 Å². The molecule has 0 bridgehead atoms. The highest BCUT2D eigenvalue weighted by Gasteiger charge is 2.32. The van der Waals surface area contributed by atoms with Gasteiger partial charge in [-0.05, 0) is 42.5 Å². The zero-order chi connectivity index (χ0) is 21.0. The van der Waals surface area contributed by atoms with Gasteiger partial charge in [-0.25, -0.2) is 0 Å². The molecule has 2 saturated heterocycles. The summed E-state index contributed by atoms with van der Waals surface area (Å²) in [5.74, 6) is 1.69. The minimum absolute atomic E-state index is 0.0542. The van der Waals surface area contributed by atoms with E-state index in [2.05, 4.69) is 34.5 Å². The van der Waals surface area contributed by atoms with Crippen molar-refractivity contribution in [1.29, 1.82) is 0 Å². The van der Waals surface area contributed by atoms with Crippen LogP contribution in [0.1, 0.15) is 24.4 Å². The topological polar surface area (TPSA) is 64.5 Å². The van der Waals surface area contributed by atoms with Gasteiger partial charge in [0, 0.05) is 42.9 Å². The lowest BCUT2D eigenvalue weighted by molar-refractivity contribution is -0.910. The zero-order valence-electron chi connectivity index (χ0n) is 17.8. The molecule has 0 radical (unpaired) electrons. The van der Waals surface area contributed by atoms with Gasteiger partial charge in [-0.3, -0.25) is 4.79 Å². The number of nitrogens with one attached hydrogen (secondary N) is 2. The van der Waals surface area contributed by atoms with E-state index < -0.39 is 0 Å². The Kier molecular flexibility index (Phi) is 5.95. The standard InChI is InChI=1S/C24H29N3O4/c28-24(25-19-4-6-20(7-5-19)26-10-12-29-13-11-26)17-27-9-1-2-21(27)18-3-8-22-23(16-18)31-15-14-30-22/h3-8,16,21H,1-2,9-15,17H2,(H,25,28)/p+1/t21-/m0/s1. The minimum Gasteiger partial charge on any atom is -0.486 e. The van der Waals surface area contributed by atoms with Crippen LogP contribution < -0.4 is 24.6 Å². The predicted molar refractivity (Wildman–Crippen MR) is 118 cm³/mol. The number of hydrogen-bond donors (Lipinski definition) is 2. The summed E-state index contributed by atoms with van der Waals surface area (Å²) in [6, 6.07) is 14.6. The van der Waals surface area contributed by atoms with Gasteiger partial charge in [0.05, 0.1) is 19.8 Å². The summed E-state index contributed by atoms with van der Waals surface area (Å²) >= 11 is 0. The molecule has 1 unspecified atom stereocenters. The summed E-state index contributed by atoms with van der Waals surface area (Å²) in [7, 11) is 0. The maximum atomic E-state index is 12.8. The number of benzene rings is 2. The fraction of sp³-hybridized carbons (Fsp3) is 0.458. The van der Waals surface area contributed by atoms with Gasteiger partial charge in [-0.1, -0.05) is 0 Å². The molecule has 2 N–H and O–H groups in total. The third-order valence-corrected chi connectivity index (χ3v) is 6.37. The molecule has 3 aliphatic rings. The zero-order valence-corrected chi connectivity index (χ0v) is 17.8. The number of nitrogens with zero attached hydrogens (tertiary/aromatic N) is 1. The Balaban J connectivity index is 1.20. The molecule has 0 saturated carbocycles. The first-order chi connectivity index (χ1) is 15.3. The number of morpholine rings is 1. The number of rotatable bonds is 5. The normalized spacial score (nSPS) is 22.9. The summed E-state index contributed by atoms with van der Waals surface area (Å²) < 4.78 is 16.8. The van der Waals surface area contributed by atoms with Gasteiger partial charge in [0.1, 0.15) is 19.3 Å². The van der Waals surface area contributed by atoms with Crippen molar-refractivity contribution in [3.63, 3.8) is 0 Å². The van der Waals surface area contributed by atoms with Crippen LogP contribution in [0.2, 0.25) is 0 Å². The van der Waals surface area contributed by atoms with Crippen LogP contribution in [0.15, 0.2) is 42.5 Å². The highest BCUT2D eigenvalue weighted by molar-refractivity contribution is 5.91. The molecule has 2 aromatic rings. The monoisotopic (exact) mass is 424 g/mol. The number of amides is 1. The summed E-state index contributed by atoms with van der Waals surface area (Å²) in [5.41, 5.74) is 3.24. The molecular weight excluding hydrogens is 394 g/mol. The van der Waals surface area contributed by atoms with Crippen LogP contribution in [-0.4, -0.2) is 58.5 Å². The van der Waals surface area contributed by atoms with E-state index in [0.29, 0.717) is 25.8 Å². The van der Waals surface area contributed by atoms with Crippen LogP contribution >= 0.6 is 0 Å². The molecule has 3 heterocycles. The first-order valence-corrected chi connectivity index (χ1v) is 11.2. The Bertz CT molecular complexity index is 912. The van der Waals surface area contributed by atoms with Crippen molar-refractivity contribution in [3.8, 4) is 11.5 Å². The van der Waals surface area contributed by atoms with Crippen LogP contribution in [0.25, 0.3) is 0 Å². The van der Waals surface area contributed by atoms with Crippen LogP contribution in [0.4, 0.5) is 11.4 Å². The molecule has 2 fully saturated rings. The maximum Gasteiger partial charge on any atom is 0.279 e. The third kappa shape index (κ3) is 4.62. The summed E-state index contributed by atoms with van der Waals surface area (Å²) in [4.78, 5) is 16.4. The lowest BCUT2D eigenvalue weighted by atomic mass is 10.0. The first-order valence-electron chi connectivity index (χ1n) is 11.2. The molecule has 3 aliphatic heterocycles. The lowest BCUT2D eigenvalue weighted by Gasteiger charge is -2.29. The third-order valence-electron chi connectivity index (χ3n) is 6.37. The van der Waals surface area contributed by atoms with Gasteiger partial charge in [0.15, 0.2) is 18.0 Å². The van der Waals surface area contributed by atoms with Crippen molar-refractivity contribution >= 4 is 17.3 Å². The Morgan fingerprint density at radius 2 is 1.77 bits per heavy atom. The van der Waals surface area contributed by atoms with E-state index >= 15 is 0 Å². The van der Waals surface area contributed by atoms with E-state index in [1.165, 1.54) is 16.2 Å². The van der Waals surface area contributed by atoms with Crippen molar-refractivity contribution in [1.82, 2.24) is 0 Å². The Hall–Kier alpha value is -2.77. The lowest BCUT2D eigenvalue weighted by Crippen LogP contribution is -3.11. The molecule has 2 aromatic carbocycles. The molecule has 0 spiro atoms. The Morgan fingerprint density at radius 1 is 1.00 bits per heavy atom. The second-order valence-electron chi connectivity index (χ2n) is 8.38. The van der Waals surface area contributed by atoms with Gasteiger partial charge >= 0.3 is 0 Å². The van der Waals surface area contributed by atoms with Crippen LogP contribution in [0.3, 0.4) is 0 Å². The second kappa shape index (κ2) is 9.16. The number of fused-ring (bicyclic) bond motifs is 1. The molecular formula is C24H30N3O4+. The largest absolute Gasteiger partial charge is 0.486 e. The van der Waals surface area contributed by atoms with Gasteiger partial charge in [0.25, 0.3) is 5.91 Å². The molecule has 2 atom stereocenters. The predicted octanol–water partition coefficient (Wildman–Crippen LogP) is 1.65. The number of quaternary nitrogens is 1. The average molecular weight is 425 g/mol. The van der Waals surface area contributed by atoms with Gasteiger partial charge < -0.3 is 29.3 Å². The summed E-state index contributed by atoms with van der Waals surface area (Å²) in [5, 5.41) is 3.07. The minimum atomic E-state index is 0.0542. The number of carbonyl (C=O) groups excluding carboxylic acids is 1. The van der Waals surface area contributed by atoms with Crippen LogP contribution in [-0.2, 0) is 9.53 Å². The Labute approximate surface area is 182 Å². The van der Waals surface area contributed by atoms with E-state index in [1.54, 1.807) is 0 Å². The second-order valence-corrected chi connectivity index (χ2v) is 8.38. The average Bonchev–Trinajstić information content (AvgIpc) is 3.27. The highest BCUT2D eigenvalue weighted by Crippen LogP contribution is 2.33. The first kappa shape index (κ1) is 20.2. The number of hydrogen-bond acceptors (Lipinski definition) is 5. The van der Waals surface area contributed by atoms with Crippen molar-refractivity contribution in [2.45, 2.75) is 18.9 Å². The molecule has 0 aromatic heterocycles. The number of anilines is 2. The van der Waals surface area contributed by atoms with Gasteiger partial charge in [0.2, 0.25) is 0 Å². The van der Waals surface area contributed by atoms with Crippen LogP contribution in [0.5, 0.6) is 11.5 Å². The SMILES string of the molecule is O=C(C[NH+]1CCC[C@H]1c1ccc2c(c1)OCCO2)Nc1ccc(N2CCOCC2)cc1. The fourth-order valence-corrected chi connectivity index (χ4v) is 4.79. The highest BCUT2D eigenvalue weighted by atomic mass is 16.6. The van der Waals surface area contributed by atoms with E-state index in [1.807, 2.05) is 18.2 Å². The fourth-order valence-electron chi connectivity index (χ4n) is 4.79. The van der Waals surface area contributed by atoms with E-state index in [-0.39, 0.29) is 5.91 Å². The van der Waals surface area contributed by atoms with E-state index in [0.717, 1.165) is 62.9 Å². The number of likely N-dealkylation sites (tertiary alicyclic amines) is 1. The van der Waals surface area contributed by atoms with E-state index in [4.69, 9.17) is 14.2 Å². The molecule has 5 rings (SSSR count).